The molecule has 1 aromatic carbocycles. The van der Waals surface area contributed by atoms with Crippen LogP contribution >= 0.6 is 0 Å². The van der Waals surface area contributed by atoms with E-state index in [4.69, 9.17) is 0 Å². The van der Waals surface area contributed by atoms with E-state index in [-0.39, 0.29) is 16.8 Å². The molecule has 28 heavy (non-hydrogen) atoms. The van der Waals surface area contributed by atoms with Crippen molar-refractivity contribution >= 4 is 15.9 Å². The molecule has 1 N–H and O–H groups in total. The average molecular weight is 412 g/mol. The molecule has 2 fully saturated rings. The standard InChI is InChI=1S/C20H30FN3O3S/c1-15-4-3-5-19(16(15)2)22-20(25)14-23-10-12-24(13-11-23)28(26,27)18-8-6-17(21)7-9-18/h6-9,15-16,19H,3-5,10-14H2,1-2H3,(H,22,25)/t15-,16+,19-/m0/s1. The Hall–Kier alpha value is -1.51. The van der Waals surface area contributed by atoms with Crippen molar-refractivity contribution in [3.63, 3.8) is 0 Å². The topological polar surface area (TPSA) is 69.7 Å². The average Bonchev–Trinajstić information content (AvgIpc) is 2.66. The van der Waals surface area contributed by atoms with Crippen LogP contribution in [-0.4, -0.2) is 62.3 Å². The molecule has 1 aliphatic heterocycles. The summed E-state index contributed by atoms with van der Waals surface area (Å²) in [4.78, 5) is 14.5. The van der Waals surface area contributed by atoms with Gasteiger partial charge in [0.05, 0.1) is 11.4 Å². The van der Waals surface area contributed by atoms with Crippen LogP contribution < -0.4 is 5.32 Å². The molecule has 0 spiro atoms. The molecule has 1 amide bonds. The fraction of sp³-hybridized carbons (Fsp3) is 0.650. The molecular formula is C20H30FN3O3S. The van der Waals surface area contributed by atoms with E-state index in [1.165, 1.54) is 22.9 Å². The largest absolute Gasteiger partial charge is 0.352 e. The molecule has 1 heterocycles. The second kappa shape index (κ2) is 8.88. The van der Waals surface area contributed by atoms with Crippen LogP contribution in [0.25, 0.3) is 0 Å². The number of amides is 1. The highest BCUT2D eigenvalue weighted by atomic mass is 32.2. The normalized spacial score (nSPS) is 27.5. The number of nitrogens with one attached hydrogen (secondary N) is 1. The van der Waals surface area contributed by atoms with E-state index < -0.39 is 15.8 Å². The number of carbonyl (C=O) groups is 1. The first kappa shape index (κ1) is 21.2. The number of nitrogens with zero attached hydrogens (tertiary/aromatic N) is 2. The molecule has 1 aromatic rings. The van der Waals surface area contributed by atoms with E-state index in [0.717, 1.165) is 25.0 Å². The number of halogens is 1. The van der Waals surface area contributed by atoms with Crippen molar-refractivity contribution in [2.45, 2.75) is 44.0 Å². The van der Waals surface area contributed by atoms with Crippen LogP contribution in [0.4, 0.5) is 4.39 Å². The van der Waals surface area contributed by atoms with E-state index in [9.17, 15) is 17.6 Å². The monoisotopic (exact) mass is 411 g/mol. The van der Waals surface area contributed by atoms with Gasteiger partial charge in [0.1, 0.15) is 5.82 Å². The van der Waals surface area contributed by atoms with Crippen molar-refractivity contribution in [3.05, 3.63) is 30.1 Å². The van der Waals surface area contributed by atoms with Crippen LogP contribution in [0.1, 0.15) is 33.1 Å². The Bertz CT molecular complexity index is 776. The summed E-state index contributed by atoms with van der Waals surface area (Å²) in [5.74, 6) is 0.659. The van der Waals surface area contributed by atoms with Crippen molar-refractivity contribution in [2.24, 2.45) is 11.8 Å². The highest BCUT2D eigenvalue weighted by Gasteiger charge is 2.31. The molecule has 0 unspecified atom stereocenters. The third-order valence-electron chi connectivity index (χ3n) is 6.20. The Morgan fingerprint density at radius 1 is 1.11 bits per heavy atom. The van der Waals surface area contributed by atoms with Crippen LogP contribution in [0.5, 0.6) is 0 Å². The summed E-state index contributed by atoms with van der Waals surface area (Å²) in [7, 11) is -3.63. The van der Waals surface area contributed by atoms with E-state index in [1.54, 1.807) is 0 Å². The molecule has 1 aliphatic carbocycles. The summed E-state index contributed by atoms with van der Waals surface area (Å²) < 4.78 is 39.8. The van der Waals surface area contributed by atoms with Crippen LogP contribution in [0.3, 0.4) is 0 Å². The van der Waals surface area contributed by atoms with Gasteiger partial charge in [-0.05, 0) is 42.5 Å². The number of hydrogen-bond acceptors (Lipinski definition) is 4. The zero-order valence-electron chi connectivity index (χ0n) is 16.6. The molecule has 156 valence electrons. The fourth-order valence-electron chi connectivity index (χ4n) is 4.12. The lowest BCUT2D eigenvalue weighted by Gasteiger charge is -2.36. The SMILES string of the molecule is C[C@H]1[C@@H](NC(=O)CN2CCN(S(=O)(=O)c3ccc(F)cc3)CC2)CCC[C@@H]1C. The summed E-state index contributed by atoms with van der Waals surface area (Å²) in [6.45, 7) is 6.39. The molecule has 0 bridgehead atoms. The highest BCUT2D eigenvalue weighted by molar-refractivity contribution is 7.89. The van der Waals surface area contributed by atoms with Gasteiger partial charge in [0, 0.05) is 32.2 Å². The van der Waals surface area contributed by atoms with Gasteiger partial charge in [-0.15, -0.1) is 0 Å². The molecular weight excluding hydrogens is 381 g/mol. The Morgan fingerprint density at radius 3 is 2.39 bits per heavy atom. The Labute approximate surface area is 167 Å². The molecule has 3 rings (SSSR count). The minimum Gasteiger partial charge on any atom is -0.352 e. The number of benzene rings is 1. The molecule has 6 nitrogen and oxygen atoms in total. The maximum atomic E-state index is 13.1. The molecule has 2 aliphatic rings. The Morgan fingerprint density at radius 2 is 1.75 bits per heavy atom. The van der Waals surface area contributed by atoms with Gasteiger partial charge in [-0.25, -0.2) is 12.8 Å². The van der Waals surface area contributed by atoms with Crippen molar-refractivity contribution in [1.29, 1.82) is 0 Å². The number of carbonyl (C=O) groups excluding carboxylic acids is 1. The van der Waals surface area contributed by atoms with Crippen molar-refractivity contribution in [1.82, 2.24) is 14.5 Å². The number of sulfonamides is 1. The second-order valence-electron chi connectivity index (χ2n) is 8.08. The lowest BCUT2D eigenvalue weighted by Crippen LogP contribution is -2.52. The maximum absolute atomic E-state index is 13.1. The van der Waals surface area contributed by atoms with Crippen LogP contribution in [-0.2, 0) is 14.8 Å². The van der Waals surface area contributed by atoms with E-state index in [2.05, 4.69) is 19.2 Å². The zero-order valence-corrected chi connectivity index (χ0v) is 17.4. The minimum atomic E-state index is -3.63. The number of piperazine rings is 1. The summed E-state index contributed by atoms with van der Waals surface area (Å²) in [5.41, 5.74) is 0. The van der Waals surface area contributed by atoms with Gasteiger partial charge in [-0.2, -0.15) is 4.31 Å². The fourth-order valence-corrected chi connectivity index (χ4v) is 5.55. The lowest BCUT2D eigenvalue weighted by atomic mass is 9.78. The zero-order chi connectivity index (χ0) is 20.3. The van der Waals surface area contributed by atoms with Gasteiger partial charge in [-0.3, -0.25) is 9.69 Å². The predicted octanol–water partition coefficient (Wildman–Crippen LogP) is 2.07. The summed E-state index contributed by atoms with van der Waals surface area (Å²) in [6, 6.07) is 5.12. The van der Waals surface area contributed by atoms with Crippen molar-refractivity contribution in [2.75, 3.05) is 32.7 Å². The highest BCUT2D eigenvalue weighted by Crippen LogP contribution is 2.29. The molecule has 0 aromatic heterocycles. The van der Waals surface area contributed by atoms with Crippen LogP contribution in [0.2, 0.25) is 0 Å². The van der Waals surface area contributed by atoms with Crippen LogP contribution in [0, 0.1) is 17.7 Å². The van der Waals surface area contributed by atoms with E-state index >= 15 is 0 Å². The minimum absolute atomic E-state index is 0.0146. The van der Waals surface area contributed by atoms with Gasteiger partial charge < -0.3 is 5.32 Å². The van der Waals surface area contributed by atoms with Gasteiger partial charge in [-0.1, -0.05) is 26.7 Å². The first-order valence-corrected chi connectivity index (χ1v) is 11.5. The first-order valence-electron chi connectivity index (χ1n) is 10.0. The van der Waals surface area contributed by atoms with Gasteiger partial charge in [0.25, 0.3) is 0 Å². The summed E-state index contributed by atoms with van der Waals surface area (Å²) in [5, 5.41) is 3.17. The van der Waals surface area contributed by atoms with Crippen molar-refractivity contribution in [3.8, 4) is 0 Å². The quantitative estimate of drug-likeness (QED) is 0.805. The van der Waals surface area contributed by atoms with Crippen molar-refractivity contribution < 1.29 is 17.6 Å². The molecule has 1 saturated carbocycles. The number of hydrogen-bond donors (Lipinski definition) is 1. The van der Waals surface area contributed by atoms with Gasteiger partial charge in [0.15, 0.2) is 0 Å². The smallest absolute Gasteiger partial charge is 0.243 e. The van der Waals surface area contributed by atoms with E-state index in [1.807, 2.05) is 4.90 Å². The number of rotatable bonds is 5. The maximum Gasteiger partial charge on any atom is 0.243 e. The van der Waals surface area contributed by atoms with Gasteiger partial charge >= 0.3 is 0 Å². The molecule has 3 atom stereocenters. The third-order valence-corrected chi connectivity index (χ3v) is 8.12. The Kier molecular flexibility index (Phi) is 6.73. The lowest BCUT2D eigenvalue weighted by molar-refractivity contribution is -0.124. The molecule has 1 saturated heterocycles. The summed E-state index contributed by atoms with van der Waals surface area (Å²) >= 11 is 0. The first-order chi connectivity index (χ1) is 13.3. The Balaban J connectivity index is 1.50. The predicted molar refractivity (Wildman–Crippen MR) is 106 cm³/mol. The summed E-state index contributed by atoms with van der Waals surface area (Å²) in [6.07, 6.45) is 3.40. The van der Waals surface area contributed by atoms with Gasteiger partial charge in [0.2, 0.25) is 15.9 Å². The van der Waals surface area contributed by atoms with Crippen LogP contribution in [0.15, 0.2) is 29.2 Å². The molecule has 8 heteroatoms. The molecule has 0 radical (unpaired) electrons. The van der Waals surface area contributed by atoms with E-state index in [0.29, 0.717) is 44.6 Å². The second-order valence-corrected chi connectivity index (χ2v) is 10.0. The third kappa shape index (κ3) is 4.90.